The Balaban J connectivity index is 4.05. The van der Waals surface area contributed by atoms with Gasteiger partial charge < -0.3 is 20.8 Å². The average molecular weight is 296 g/mol. The van der Waals surface area contributed by atoms with Gasteiger partial charge in [0, 0.05) is 25.8 Å². The van der Waals surface area contributed by atoms with E-state index in [-0.39, 0.29) is 19.5 Å². The number of amides is 2. The zero-order valence-electron chi connectivity index (χ0n) is 11.1. The van der Waals surface area contributed by atoms with Crippen molar-refractivity contribution in [3.8, 4) is 0 Å². The molecule has 0 aliphatic carbocycles. The first kappa shape index (κ1) is 17.6. The Hall–Kier alpha value is -1.35. The second kappa shape index (κ2) is 6.71. The molecule has 0 spiro atoms. The summed E-state index contributed by atoms with van der Waals surface area (Å²) in [7, 11) is -3.30. The smallest absolute Gasteiger partial charge is 0.332 e. The number of sulfone groups is 1. The van der Waals surface area contributed by atoms with E-state index in [0.717, 1.165) is 6.26 Å². The quantitative estimate of drug-likeness (QED) is 0.473. The van der Waals surface area contributed by atoms with Gasteiger partial charge in [-0.25, -0.2) is 18.0 Å². The van der Waals surface area contributed by atoms with Gasteiger partial charge in [-0.3, -0.25) is 0 Å². The fourth-order valence-electron chi connectivity index (χ4n) is 0.933. The molecule has 0 saturated heterocycles. The molecule has 1 atom stereocenters. The maximum Gasteiger partial charge on any atom is 0.332 e. The normalized spacial score (nSPS) is 13.7. The van der Waals surface area contributed by atoms with Gasteiger partial charge in [-0.15, -0.1) is 0 Å². The molecule has 8 nitrogen and oxygen atoms in total. The summed E-state index contributed by atoms with van der Waals surface area (Å²) in [5.74, 6) is -1.36. The molecular formula is C10H20N2O6S. The van der Waals surface area contributed by atoms with Gasteiger partial charge in [0.25, 0.3) is 0 Å². The maximum absolute atomic E-state index is 11.4. The van der Waals surface area contributed by atoms with E-state index in [2.05, 4.69) is 10.6 Å². The largest absolute Gasteiger partial charge is 0.479 e. The highest BCUT2D eigenvalue weighted by Crippen LogP contribution is 2.13. The lowest BCUT2D eigenvalue weighted by molar-refractivity contribution is -0.146. The van der Waals surface area contributed by atoms with Gasteiger partial charge in [-0.1, -0.05) is 0 Å². The molecule has 0 bridgehead atoms. The summed E-state index contributed by atoms with van der Waals surface area (Å²) in [4.78, 5) is 21.6. The van der Waals surface area contributed by atoms with E-state index in [4.69, 9.17) is 10.2 Å². The van der Waals surface area contributed by atoms with Crippen LogP contribution in [0.15, 0.2) is 0 Å². The third-order valence-corrected chi connectivity index (χ3v) is 4.82. The molecule has 0 aromatic heterocycles. The fraction of sp³-hybridized carbons (Fsp3) is 0.800. The molecule has 0 fully saturated rings. The Labute approximate surface area is 112 Å². The lowest BCUT2D eigenvalue weighted by Crippen LogP contribution is -2.47. The molecule has 0 aromatic rings. The minimum Gasteiger partial charge on any atom is -0.479 e. The molecule has 0 heterocycles. The molecule has 0 saturated carbocycles. The highest BCUT2D eigenvalue weighted by atomic mass is 32.2. The van der Waals surface area contributed by atoms with Crippen molar-refractivity contribution < 1.29 is 28.2 Å². The van der Waals surface area contributed by atoms with E-state index < -0.39 is 32.7 Å². The molecule has 4 N–H and O–H groups in total. The number of hydrogen-bond acceptors (Lipinski definition) is 5. The van der Waals surface area contributed by atoms with Crippen LogP contribution in [0.3, 0.4) is 0 Å². The van der Waals surface area contributed by atoms with Crippen LogP contribution < -0.4 is 10.6 Å². The molecule has 0 aliphatic rings. The number of aliphatic hydroxyl groups is 1. The third-order valence-electron chi connectivity index (χ3n) is 2.67. The molecule has 0 rings (SSSR count). The van der Waals surface area contributed by atoms with Crippen LogP contribution in [0, 0.1) is 0 Å². The zero-order valence-corrected chi connectivity index (χ0v) is 12.0. The van der Waals surface area contributed by atoms with E-state index in [1.807, 2.05) is 0 Å². The first-order chi connectivity index (χ1) is 8.47. The van der Waals surface area contributed by atoms with Crippen molar-refractivity contribution in [2.45, 2.75) is 31.1 Å². The molecule has 0 aromatic carbocycles. The topological polar surface area (TPSA) is 133 Å². The number of nitrogens with one attached hydrogen (secondary N) is 2. The van der Waals surface area contributed by atoms with Gasteiger partial charge in [0.05, 0.1) is 4.75 Å². The van der Waals surface area contributed by atoms with Gasteiger partial charge in [-0.2, -0.15) is 0 Å². The average Bonchev–Trinajstić information content (AvgIpc) is 2.24. The van der Waals surface area contributed by atoms with Crippen LogP contribution in [0.4, 0.5) is 4.79 Å². The summed E-state index contributed by atoms with van der Waals surface area (Å²) in [6.45, 7) is 2.87. The van der Waals surface area contributed by atoms with Crippen molar-refractivity contribution in [1.29, 1.82) is 0 Å². The van der Waals surface area contributed by atoms with Gasteiger partial charge in [0.1, 0.15) is 0 Å². The van der Waals surface area contributed by atoms with Crippen molar-refractivity contribution >= 4 is 21.8 Å². The molecule has 9 heteroatoms. The molecule has 112 valence electrons. The predicted octanol–water partition coefficient (Wildman–Crippen LogP) is -1.06. The van der Waals surface area contributed by atoms with Crippen molar-refractivity contribution in [2.24, 2.45) is 0 Å². The van der Waals surface area contributed by atoms with Gasteiger partial charge in [0.15, 0.2) is 15.9 Å². The number of urea groups is 1. The highest BCUT2D eigenvalue weighted by Gasteiger charge is 2.30. The monoisotopic (exact) mass is 296 g/mol. The van der Waals surface area contributed by atoms with E-state index in [1.54, 1.807) is 0 Å². The van der Waals surface area contributed by atoms with Crippen LogP contribution in [-0.2, 0) is 14.6 Å². The van der Waals surface area contributed by atoms with Crippen molar-refractivity contribution in [1.82, 2.24) is 10.6 Å². The zero-order chi connectivity index (χ0) is 15.3. The van der Waals surface area contributed by atoms with Crippen LogP contribution in [0.25, 0.3) is 0 Å². The third kappa shape index (κ3) is 6.39. The predicted molar refractivity (Wildman–Crippen MR) is 68.6 cm³/mol. The minimum atomic E-state index is -3.30. The van der Waals surface area contributed by atoms with E-state index >= 15 is 0 Å². The molecule has 2 amide bonds. The highest BCUT2D eigenvalue weighted by molar-refractivity contribution is 7.92. The van der Waals surface area contributed by atoms with E-state index in [9.17, 15) is 18.0 Å². The lowest BCUT2D eigenvalue weighted by Gasteiger charge is -2.22. The Morgan fingerprint density at radius 3 is 2.21 bits per heavy atom. The number of carbonyl (C=O) groups excluding carboxylic acids is 1. The number of hydrogen-bond donors (Lipinski definition) is 4. The van der Waals surface area contributed by atoms with Crippen LogP contribution in [0.5, 0.6) is 0 Å². The SMILES string of the molecule is CC(C)(CNC(=O)NCCC(O)C(=O)O)S(C)(=O)=O. The number of carboxylic acids is 1. The Morgan fingerprint density at radius 1 is 1.26 bits per heavy atom. The maximum atomic E-state index is 11.4. The number of aliphatic carboxylic acids is 1. The van der Waals surface area contributed by atoms with Crippen LogP contribution in [-0.4, -0.2) is 60.8 Å². The van der Waals surface area contributed by atoms with Gasteiger partial charge >= 0.3 is 12.0 Å². The van der Waals surface area contributed by atoms with E-state index in [1.165, 1.54) is 13.8 Å². The number of carbonyl (C=O) groups is 2. The summed E-state index contributed by atoms with van der Waals surface area (Å²) in [5, 5.41) is 22.1. The number of rotatable bonds is 7. The Morgan fingerprint density at radius 2 is 1.79 bits per heavy atom. The van der Waals surface area contributed by atoms with Gasteiger partial charge in [-0.05, 0) is 13.8 Å². The van der Waals surface area contributed by atoms with Crippen LogP contribution in [0.1, 0.15) is 20.3 Å². The molecular weight excluding hydrogens is 276 g/mol. The molecule has 0 aliphatic heterocycles. The van der Waals surface area contributed by atoms with Crippen LogP contribution in [0.2, 0.25) is 0 Å². The van der Waals surface area contributed by atoms with Crippen LogP contribution >= 0.6 is 0 Å². The van der Waals surface area contributed by atoms with Gasteiger partial charge in [0.2, 0.25) is 0 Å². The first-order valence-corrected chi connectivity index (χ1v) is 7.48. The van der Waals surface area contributed by atoms with E-state index in [0.29, 0.717) is 0 Å². The standard InChI is InChI=1S/C10H20N2O6S/c1-10(2,19(3,17)18)6-12-9(16)11-5-4-7(13)8(14)15/h7,13H,4-6H2,1-3H3,(H,14,15)(H2,11,12,16). The molecule has 19 heavy (non-hydrogen) atoms. The van der Waals surface area contributed by atoms with Crippen molar-refractivity contribution in [2.75, 3.05) is 19.3 Å². The Kier molecular flexibility index (Phi) is 6.23. The summed E-state index contributed by atoms with van der Waals surface area (Å²) in [6.07, 6.45) is -0.582. The number of carboxylic acid groups (broad SMARTS) is 1. The van der Waals surface area contributed by atoms with Crippen molar-refractivity contribution in [3.05, 3.63) is 0 Å². The Bertz CT molecular complexity index is 431. The summed E-state index contributed by atoms with van der Waals surface area (Å²) in [5.41, 5.74) is 0. The first-order valence-electron chi connectivity index (χ1n) is 5.59. The lowest BCUT2D eigenvalue weighted by atomic mass is 10.2. The molecule has 0 radical (unpaired) electrons. The summed E-state index contributed by atoms with van der Waals surface area (Å²) < 4.78 is 21.7. The minimum absolute atomic E-state index is 0.0292. The van der Waals surface area contributed by atoms with Crippen molar-refractivity contribution in [3.63, 3.8) is 0 Å². The second-order valence-electron chi connectivity index (χ2n) is 4.78. The summed E-state index contributed by atoms with van der Waals surface area (Å²) in [6, 6.07) is -0.616. The fourth-order valence-corrected chi connectivity index (χ4v) is 1.27. The second-order valence-corrected chi connectivity index (χ2v) is 7.43. The number of aliphatic hydroxyl groups excluding tert-OH is 1. The molecule has 1 unspecified atom stereocenters. The summed E-state index contributed by atoms with van der Waals surface area (Å²) >= 11 is 0.